The molecule has 1 aromatic heterocycles. The highest BCUT2D eigenvalue weighted by Crippen LogP contribution is 2.25. The molecule has 0 saturated heterocycles. The predicted octanol–water partition coefficient (Wildman–Crippen LogP) is 3.67. The highest BCUT2D eigenvalue weighted by molar-refractivity contribution is 9.10. The number of ether oxygens (including phenoxy) is 1. The van der Waals surface area contributed by atoms with Gasteiger partial charge in [-0.3, -0.25) is 0 Å². The van der Waals surface area contributed by atoms with E-state index in [0.29, 0.717) is 30.7 Å². The molecule has 1 heterocycles. The molecule has 0 amide bonds. The average molecular weight is 322 g/mol. The Morgan fingerprint density at radius 3 is 2.65 bits per heavy atom. The highest BCUT2D eigenvalue weighted by atomic mass is 79.9. The standard InChI is InChI=1S/C12H18BrClN2O/c1-4-17-6-5-10-15-9(7-8(2)3)11(13)12(14)16-10/h8H,4-7H2,1-3H3. The van der Waals surface area contributed by atoms with Crippen LogP contribution in [0.1, 0.15) is 32.3 Å². The maximum Gasteiger partial charge on any atom is 0.147 e. The minimum Gasteiger partial charge on any atom is -0.381 e. The fourth-order valence-corrected chi connectivity index (χ4v) is 2.00. The van der Waals surface area contributed by atoms with Gasteiger partial charge >= 0.3 is 0 Å². The summed E-state index contributed by atoms with van der Waals surface area (Å²) in [5, 5.41) is 0.488. The largest absolute Gasteiger partial charge is 0.381 e. The minimum atomic E-state index is 0.488. The van der Waals surface area contributed by atoms with Crippen LogP contribution in [0, 0.1) is 5.92 Å². The van der Waals surface area contributed by atoms with E-state index in [1.165, 1.54) is 0 Å². The van der Waals surface area contributed by atoms with Crippen molar-refractivity contribution in [2.45, 2.75) is 33.6 Å². The van der Waals surface area contributed by atoms with Gasteiger partial charge in [0, 0.05) is 13.0 Å². The molecule has 96 valence electrons. The lowest BCUT2D eigenvalue weighted by atomic mass is 10.1. The molecule has 0 radical (unpaired) electrons. The summed E-state index contributed by atoms with van der Waals surface area (Å²) in [5.41, 5.74) is 0.978. The second-order valence-corrected chi connectivity index (χ2v) is 5.39. The first-order valence-electron chi connectivity index (χ1n) is 5.83. The summed E-state index contributed by atoms with van der Waals surface area (Å²) in [6, 6.07) is 0. The summed E-state index contributed by atoms with van der Waals surface area (Å²) in [6.07, 6.45) is 1.59. The summed E-state index contributed by atoms with van der Waals surface area (Å²) in [7, 11) is 0. The average Bonchev–Trinajstić information content (AvgIpc) is 2.25. The van der Waals surface area contributed by atoms with Crippen molar-refractivity contribution < 1.29 is 4.74 Å². The van der Waals surface area contributed by atoms with Crippen LogP contribution >= 0.6 is 27.5 Å². The Labute approximate surface area is 116 Å². The van der Waals surface area contributed by atoms with Crippen LogP contribution in [0.5, 0.6) is 0 Å². The Hall–Kier alpha value is -0.190. The Kier molecular flexibility index (Phi) is 6.38. The molecule has 0 saturated carbocycles. The lowest BCUT2D eigenvalue weighted by molar-refractivity contribution is 0.149. The Morgan fingerprint density at radius 1 is 1.35 bits per heavy atom. The fourth-order valence-electron chi connectivity index (χ4n) is 1.45. The summed E-state index contributed by atoms with van der Waals surface area (Å²) in [4.78, 5) is 8.76. The van der Waals surface area contributed by atoms with Gasteiger partial charge in [-0.2, -0.15) is 0 Å². The van der Waals surface area contributed by atoms with Gasteiger partial charge in [-0.1, -0.05) is 25.4 Å². The first kappa shape index (κ1) is 14.9. The Bertz CT molecular complexity index is 372. The van der Waals surface area contributed by atoms with Crippen molar-refractivity contribution in [1.29, 1.82) is 0 Å². The molecule has 0 spiro atoms. The zero-order chi connectivity index (χ0) is 12.8. The molecular weight excluding hydrogens is 304 g/mol. The molecular formula is C12H18BrClN2O. The number of rotatable bonds is 6. The van der Waals surface area contributed by atoms with Crippen molar-refractivity contribution in [3.05, 3.63) is 21.1 Å². The zero-order valence-corrected chi connectivity index (χ0v) is 12.8. The van der Waals surface area contributed by atoms with Gasteiger partial charge in [-0.25, -0.2) is 9.97 Å². The van der Waals surface area contributed by atoms with Gasteiger partial charge in [-0.05, 0) is 35.2 Å². The summed E-state index contributed by atoms with van der Waals surface area (Å²) in [6.45, 7) is 7.63. The van der Waals surface area contributed by atoms with Gasteiger partial charge in [0.25, 0.3) is 0 Å². The van der Waals surface area contributed by atoms with Gasteiger partial charge in [0.05, 0.1) is 16.8 Å². The van der Waals surface area contributed by atoms with E-state index < -0.39 is 0 Å². The molecule has 1 aromatic rings. The number of halogens is 2. The summed E-state index contributed by atoms with van der Waals surface area (Å²) >= 11 is 9.51. The molecule has 0 aliphatic carbocycles. The maximum atomic E-state index is 6.08. The molecule has 0 fully saturated rings. The van der Waals surface area contributed by atoms with Gasteiger partial charge in [0.15, 0.2) is 0 Å². The summed E-state index contributed by atoms with van der Waals surface area (Å²) < 4.78 is 6.11. The maximum absolute atomic E-state index is 6.08. The van der Waals surface area contributed by atoms with Crippen molar-refractivity contribution >= 4 is 27.5 Å². The zero-order valence-electron chi connectivity index (χ0n) is 10.5. The van der Waals surface area contributed by atoms with E-state index in [0.717, 1.165) is 22.4 Å². The monoisotopic (exact) mass is 320 g/mol. The van der Waals surface area contributed by atoms with E-state index >= 15 is 0 Å². The predicted molar refractivity (Wildman–Crippen MR) is 73.5 cm³/mol. The van der Waals surface area contributed by atoms with Crippen LogP contribution in [0.4, 0.5) is 0 Å². The van der Waals surface area contributed by atoms with Crippen molar-refractivity contribution in [3.63, 3.8) is 0 Å². The molecule has 5 heteroatoms. The van der Waals surface area contributed by atoms with Crippen molar-refractivity contribution in [1.82, 2.24) is 9.97 Å². The van der Waals surface area contributed by atoms with Gasteiger partial charge < -0.3 is 4.74 Å². The molecule has 0 bridgehead atoms. The summed E-state index contributed by atoms with van der Waals surface area (Å²) in [5.74, 6) is 1.29. The van der Waals surface area contributed by atoms with Crippen molar-refractivity contribution in [2.24, 2.45) is 5.92 Å². The lowest BCUT2D eigenvalue weighted by Gasteiger charge is -2.10. The highest BCUT2D eigenvalue weighted by Gasteiger charge is 2.12. The molecule has 0 aromatic carbocycles. The molecule has 0 unspecified atom stereocenters. The SMILES string of the molecule is CCOCCc1nc(Cl)c(Br)c(CC(C)C)n1. The van der Waals surface area contributed by atoms with Crippen molar-refractivity contribution in [3.8, 4) is 0 Å². The quantitative estimate of drug-likeness (QED) is 0.592. The molecule has 3 nitrogen and oxygen atoms in total. The van der Waals surface area contributed by atoms with Crippen LogP contribution in [0.2, 0.25) is 5.15 Å². The fraction of sp³-hybridized carbons (Fsp3) is 0.667. The van der Waals surface area contributed by atoms with Gasteiger partial charge in [0.1, 0.15) is 11.0 Å². The first-order valence-corrected chi connectivity index (χ1v) is 7.00. The van der Waals surface area contributed by atoms with E-state index in [1.54, 1.807) is 0 Å². The minimum absolute atomic E-state index is 0.488. The van der Waals surface area contributed by atoms with Crippen LogP contribution in [-0.4, -0.2) is 23.2 Å². The van der Waals surface area contributed by atoms with Crippen molar-refractivity contribution in [2.75, 3.05) is 13.2 Å². The topological polar surface area (TPSA) is 35.0 Å². The molecule has 0 aliphatic heterocycles. The van der Waals surface area contributed by atoms with E-state index in [9.17, 15) is 0 Å². The normalized spacial score (nSPS) is 11.2. The number of hydrogen-bond donors (Lipinski definition) is 0. The van der Waals surface area contributed by atoms with E-state index in [2.05, 4.69) is 39.7 Å². The van der Waals surface area contributed by atoms with Gasteiger partial charge in [0.2, 0.25) is 0 Å². The van der Waals surface area contributed by atoms with Gasteiger partial charge in [-0.15, -0.1) is 0 Å². The molecule has 0 aliphatic rings. The first-order chi connectivity index (χ1) is 8.04. The number of aromatic nitrogens is 2. The third kappa shape index (κ3) is 4.90. The van der Waals surface area contributed by atoms with Crippen LogP contribution < -0.4 is 0 Å². The third-order valence-corrected chi connectivity index (χ3v) is 3.54. The van der Waals surface area contributed by atoms with E-state index in [1.807, 2.05) is 6.92 Å². The second-order valence-electron chi connectivity index (χ2n) is 4.24. The smallest absolute Gasteiger partial charge is 0.147 e. The molecule has 1 rings (SSSR count). The molecule has 0 atom stereocenters. The van der Waals surface area contributed by atoms with Crippen LogP contribution in [0.3, 0.4) is 0 Å². The number of nitrogens with zero attached hydrogens (tertiary/aromatic N) is 2. The van der Waals surface area contributed by atoms with E-state index in [-0.39, 0.29) is 0 Å². The van der Waals surface area contributed by atoms with Crippen LogP contribution in [0.25, 0.3) is 0 Å². The molecule has 17 heavy (non-hydrogen) atoms. The molecule has 0 N–H and O–H groups in total. The van der Waals surface area contributed by atoms with Crippen LogP contribution in [0.15, 0.2) is 4.47 Å². The third-order valence-electron chi connectivity index (χ3n) is 2.20. The Balaban J connectivity index is 2.82. The Morgan fingerprint density at radius 2 is 2.06 bits per heavy atom. The van der Waals surface area contributed by atoms with E-state index in [4.69, 9.17) is 16.3 Å². The van der Waals surface area contributed by atoms with Crippen LogP contribution in [-0.2, 0) is 17.6 Å². The second kappa shape index (κ2) is 7.29. The lowest BCUT2D eigenvalue weighted by Crippen LogP contribution is -2.07. The number of hydrogen-bond acceptors (Lipinski definition) is 3.